The molecule has 176 valence electrons. The molecule has 0 radical (unpaired) electrons. The van der Waals surface area contributed by atoms with Gasteiger partial charge in [-0.05, 0) is 50.2 Å². The molecule has 0 aliphatic rings. The molecule has 0 saturated carbocycles. The van der Waals surface area contributed by atoms with E-state index in [9.17, 15) is 13.2 Å². The minimum Gasteiger partial charge on any atom is -0.497 e. The molecule has 0 saturated heterocycles. The number of ether oxygens (including phenoxy) is 3. The summed E-state index contributed by atoms with van der Waals surface area (Å²) in [5.41, 5.74) is 1.01. The first-order valence-electron chi connectivity index (χ1n) is 10.5. The average Bonchev–Trinajstić information content (AvgIpc) is 2.81. The number of nitrogens with zero attached hydrogens (tertiary/aromatic N) is 2. The van der Waals surface area contributed by atoms with E-state index in [1.54, 1.807) is 38.3 Å². The smallest absolute Gasteiger partial charge is 0.253 e. The molecule has 0 aliphatic carbocycles. The second kappa shape index (κ2) is 11.0. The van der Waals surface area contributed by atoms with Crippen molar-refractivity contribution >= 4 is 10.0 Å². The van der Waals surface area contributed by atoms with Gasteiger partial charge in [-0.25, -0.2) is 18.1 Å². The highest BCUT2D eigenvalue weighted by atomic mass is 32.2. The maximum atomic E-state index is 12.9. The van der Waals surface area contributed by atoms with Gasteiger partial charge in [-0.2, -0.15) is 0 Å². The van der Waals surface area contributed by atoms with Gasteiger partial charge in [0.2, 0.25) is 10.0 Å². The topological polar surface area (TPSA) is 109 Å². The summed E-state index contributed by atoms with van der Waals surface area (Å²) >= 11 is 0. The molecule has 0 aliphatic heterocycles. The van der Waals surface area contributed by atoms with Gasteiger partial charge in [-0.15, -0.1) is 0 Å². The fourth-order valence-electron chi connectivity index (χ4n) is 3.12. The highest BCUT2D eigenvalue weighted by Crippen LogP contribution is 2.28. The first kappa shape index (κ1) is 24.3. The lowest BCUT2D eigenvalue weighted by Crippen LogP contribution is -2.31. The Labute approximate surface area is 193 Å². The summed E-state index contributed by atoms with van der Waals surface area (Å²) in [6, 6.07) is 13.3. The molecule has 10 heteroatoms. The van der Waals surface area contributed by atoms with Crippen LogP contribution in [0, 0.1) is 0 Å². The van der Waals surface area contributed by atoms with Gasteiger partial charge in [-0.3, -0.25) is 9.36 Å². The van der Waals surface area contributed by atoms with E-state index in [0.717, 1.165) is 5.56 Å². The van der Waals surface area contributed by atoms with Crippen LogP contribution in [0.5, 0.6) is 17.2 Å². The van der Waals surface area contributed by atoms with E-state index >= 15 is 0 Å². The number of methoxy groups -OCH3 is 1. The normalized spacial score (nSPS) is 11.2. The summed E-state index contributed by atoms with van der Waals surface area (Å²) in [7, 11) is -2.32. The van der Waals surface area contributed by atoms with Gasteiger partial charge >= 0.3 is 0 Å². The summed E-state index contributed by atoms with van der Waals surface area (Å²) in [4.78, 5) is 16.8. The average molecular weight is 474 g/mol. The molecule has 9 nitrogen and oxygen atoms in total. The van der Waals surface area contributed by atoms with Gasteiger partial charge in [0.1, 0.15) is 22.1 Å². The van der Waals surface area contributed by atoms with Crippen molar-refractivity contribution in [3.05, 3.63) is 65.2 Å². The van der Waals surface area contributed by atoms with Crippen LogP contribution in [0.2, 0.25) is 0 Å². The third kappa shape index (κ3) is 6.11. The molecule has 3 aromatic rings. The van der Waals surface area contributed by atoms with Crippen molar-refractivity contribution < 1.29 is 22.6 Å². The third-order valence-electron chi connectivity index (χ3n) is 4.73. The molecule has 33 heavy (non-hydrogen) atoms. The molecule has 0 amide bonds. The summed E-state index contributed by atoms with van der Waals surface area (Å²) in [5.74, 6) is 1.37. The van der Waals surface area contributed by atoms with E-state index in [4.69, 9.17) is 14.2 Å². The van der Waals surface area contributed by atoms with Crippen molar-refractivity contribution in [2.24, 2.45) is 0 Å². The molecule has 2 aromatic carbocycles. The first-order valence-corrected chi connectivity index (χ1v) is 12.0. The number of hydrogen-bond acceptors (Lipinski definition) is 7. The standard InChI is InChI=1S/C23H27N3O6S/c1-4-31-19-10-11-21(32-5-2)22(14-19)33(28,29)25-12-13-26-16-24-20(15-23(26)27)17-6-8-18(30-3)9-7-17/h6-11,14-16,25H,4-5,12-13H2,1-3H3. The zero-order valence-corrected chi connectivity index (χ0v) is 19.6. The van der Waals surface area contributed by atoms with Crippen LogP contribution in [0.4, 0.5) is 0 Å². The minimum atomic E-state index is -3.90. The van der Waals surface area contributed by atoms with Gasteiger partial charge < -0.3 is 14.2 Å². The SMILES string of the molecule is CCOc1ccc(OCC)c(S(=O)(=O)NCCn2cnc(-c3ccc(OC)cc3)cc2=O)c1. The van der Waals surface area contributed by atoms with Crippen LogP contribution >= 0.6 is 0 Å². The second-order valence-electron chi connectivity index (χ2n) is 6.91. The first-order chi connectivity index (χ1) is 15.9. The van der Waals surface area contributed by atoms with Crippen LogP contribution in [-0.4, -0.2) is 44.8 Å². The minimum absolute atomic E-state index is 0.00374. The van der Waals surface area contributed by atoms with E-state index in [1.165, 1.54) is 23.0 Å². The summed E-state index contributed by atoms with van der Waals surface area (Å²) < 4.78 is 45.7. The van der Waals surface area contributed by atoms with E-state index in [-0.39, 0.29) is 29.3 Å². The number of hydrogen-bond donors (Lipinski definition) is 1. The van der Waals surface area contributed by atoms with E-state index in [1.807, 2.05) is 19.1 Å². The third-order valence-corrected chi connectivity index (χ3v) is 6.21. The molecule has 3 rings (SSSR count). The van der Waals surface area contributed by atoms with Crippen molar-refractivity contribution in [2.75, 3.05) is 26.9 Å². The molecule has 0 unspecified atom stereocenters. The second-order valence-corrected chi connectivity index (χ2v) is 8.64. The fourth-order valence-corrected chi connectivity index (χ4v) is 4.30. The van der Waals surface area contributed by atoms with Crippen LogP contribution in [-0.2, 0) is 16.6 Å². The van der Waals surface area contributed by atoms with Gasteiger partial charge in [0, 0.05) is 30.8 Å². The molecule has 0 fully saturated rings. The highest BCUT2D eigenvalue weighted by molar-refractivity contribution is 7.89. The molecule has 0 bridgehead atoms. The summed E-state index contributed by atoms with van der Waals surface area (Å²) in [6.07, 6.45) is 1.40. The number of nitrogens with one attached hydrogen (secondary N) is 1. The van der Waals surface area contributed by atoms with Crippen LogP contribution < -0.4 is 24.5 Å². The van der Waals surface area contributed by atoms with Crippen LogP contribution in [0.1, 0.15) is 13.8 Å². The van der Waals surface area contributed by atoms with Crippen molar-refractivity contribution in [3.63, 3.8) is 0 Å². The Morgan fingerprint density at radius 1 is 0.970 bits per heavy atom. The molecular formula is C23H27N3O6S. The molecular weight excluding hydrogens is 446 g/mol. The van der Waals surface area contributed by atoms with Crippen molar-refractivity contribution in [1.29, 1.82) is 0 Å². The van der Waals surface area contributed by atoms with Crippen molar-refractivity contribution in [1.82, 2.24) is 14.3 Å². The Kier molecular flexibility index (Phi) is 8.07. The predicted molar refractivity (Wildman–Crippen MR) is 124 cm³/mol. The van der Waals surface area contributed by atoms with Crippen molar-refractivity contribution in [2.45, 2.75) is 25.3 Å². The van der Waals surface area contributed by atoms with Crippen LogP contribution in [0.3, 0.4) is 0 Å². The largest absolute Gasteiger partial charge is 0.497 e. The maximum absolute atomic E-state index is 12.9. The molecule has 0 atom stereocenters. The Hall–Kier alpha value is -3.37. The van der Waals surface area contributed by atoms with Crippen LogP contribution in [0.25, 0.3) is 11.3 Å². The predicted octanol–water partition coefficient (Wildman–Crippen LogP) is 2.69. The lowest BCUT2D eigenvalue weighted by molar-refractivity contribution is 0.322. The molecule has 1 heterocycles. The number of benzene rings is 2. The number of rotatable bonds is 11. The maximum Gasteiger partial charge on any atom is 0.253 e. The Bertz CT molecular complexity index is 1240. The zero-order chi connectivity index (χ0) is 23.8. The zero-order valence-electron chi connectivity index (χ0n) is 18.8. The monoisotopic (exact) mass is 473 g/mol. The summed E-state index contributed by atoms with van der Waals surface area (Å²) in [6.45, 7) is 4.42. The van der Waals surface area contributed by atoms with E-state index < -0.39 is 10.0 Å². The van der Waals surface area contributed by atoms with Crippen LogP contribution in [0.15, 0.2) is 64.5 Å². The fraction of sp³-hybridized carbons (Fsp3) is 0.304. The Morgan fingerprint density at radius 2 is 1.67 bits per heavy atom. The lowest BCUT2D eigenvalue weighted by Gasteiger charge is -2.14. The van der Waals surface area contributed by atoms with Crippen molar-refractivity contribution in [3.8, 4) is 28.5 Å². The van der Waals surface area contributed by atoms with E-state index in [2.05, 4.69) is 9.71 Å². The van der Waals surface area contributed by atoms with E-state index in [0.29, 0.717) is 30.4 Å². The Morgan fingerprint density at radius 3 is 2.30 bits per heavy atom. The van der Waals surface area contributed by atoms with Gasteiger partial charge in [0.05, 0.1) is 32.3 Å². The van der Waals surface area contributed by atoms with Gasteiger partial charge in [0.15, 0.2) is 0 Å². The number of aromatic nitrogens is 2. The molecule has 1 aromatic heterocycles. The Balaban J connectivity index is 1.71. The quantitative estimate of drug-likeness (QED) is 0.456. The summed E-state index contributed by atoms with van der Waals surface area (Å²) in [5, 5.41) is 0. The highest BCUT2D eigenvalue weighted by Gasteiger charge is 2.20. The number of sulfonamides is 1. The molecule has 0 spiro atoms. The van der Waals surface area contributed by atoms with Gasteiger partial charge in [-0.1, -0.05) is 0 Å². The lowest BCUT2D eigenvalue weighted by atomic mass is 10.1. The van der Waals surface area contributed by atoms with Gasteiger partial charge in [0.25, 0.3) is 5.56 Å². The molecule has 1 N–H and O–H groups in total.